The molecule has 2 nitrogen and oxygen atoms in total. The summed E-state index contributed by atoms with van der Waals surface area (Å²) >= 11 is 3.32. The van der Waals surface area contributed by atoms with Crippen LogP contribution in [0.15, 0.2) is 51.4 Å². The number of ketones is 1. The third-order valence-electron chi connectivity index (χ3n) is 3.17. The average molecular weight is 351 g/mol. The molecular weight excluding hydrogens is 342 g/mol. The first kappa shape index (κ1) is 13.9. The minimum atomic E-state index is -0.736. The van der Waals surface area contributed by atoms with E-state index in [9.17, 15) is 13.6 Å². The van der Waals surface area contributed by atoms with Crippen LogP contribution in [0.2, 0.25) is 0 Å². The summed E-state index contributed by atoms with van der Waals surface area (Å²) in [7, 11) is 0. The Labute approximate surface area is 127 Å². The van der Waals surface area contributed by atoms with Gasteiger partial charge in [0.25, 0.3) is 0 Å². The molecule has 3 rings (SSSR count). The van der Waals surface area contributed by atoms with E-state index in [4.69, 9.17) is 4.42 Å². The molecule has 21 heavy (non-hydrogen) atoms. The van der Waals surface area contributed by atoms with Gasteiger partial charge in [-0.15, -0.1) is 0 Å². The summed E-state index contributed by atoms with van der Waals surface area (Å²) in [6.07, 6.45) is -0.379. The number of rotatable bonds is 3. The minimum Gasteiger partial charge on any atom is -0.452 e. The van der Waals surface area contributed by atoms with E-state index >= 15 is 0 Å². The minimum absolute atomic E-state index is 0.0829. The molecule has 0 saturated carbocycles. The highest BCUT2D eigenvalue weighted by Crippen LogP contribution is 2.28. The lowest BCUT2D eigenvalue weighted by atomic mass is 10.1. The Bertz CT molecular complexity index is 819. The van der Waals surface area contributed by atoms with Crippen molar-refractivity contribution in [2.45, 2.75) is 6.42 Å². The van der Waals surface area contributed by atoms with Crippen LogP contribution in [0.25, 0.3) is 11.0 Å². The van der Waals surface area contributed by atoms with Crippen LogP contribution in [-0.2, 0) is 6.42 Å². The van der Waals surface area contributed by atoms with Gasteiger partial charge in [0.15, 0.2) is 5.76 Å². The second kappa shape index (κ2) is 5.41. The molecule has 0 unspecified atom stereocenters. The first-order valence-electron chi connectivity index (χ1n) is 6.20. The van der Waals surface area contributed by atoms with Gasteiger partial charge in [0.1, 0.15) is 17.2 Å². The van der Waals surface area contributed by atoms with Crippen molar-refractivity contribution in [1.29, 1.82) is 0 Å². The van der Waals surface area contributed by atoms with Crippen molar-refractivity contribution in [1.82, 2.24) is 0 Å². The van der Waals surface area contributed by atoms with Gasteiger partial charge in [-0.25, -0.2) is 8.78 Å². The Morgan fingerprint density at radius 1 is 1.10 bits per heavy atom. The monoisotopic (exact) mass is 350 g/mol. The Hall–Kier alpha value is -2.01. The number of fused-ring (bicyclic) bond motifs is 1. The highest BCUT2D eigenvalue weighted by atomic mass is 79.9. The summed E-state index contributed by atoms with van der Waals surface area (Å²) < 4.78 is 33.3. The first-order valence-corrected chi connectivity index (χ1v) is 6.99. The molecule has 1 aromatic heterocycles. The van der Waals surface area contributed by atoms with E-state index < -0.39 is 17.4 Å². The molecule has 0 saturated heterocycles. The number of Topliss-reactive ketones (excluding diaryl/α,β-unsaturated/α-hetero) is 1. The SMILES string of the molecule is O=C(Cc1c(F)cccc1F)c1cc2cccc(Br)c2o1. The first-order chi connectivity index (χ1) is 10.1. The van der Waals surface area contributed by atoms with Gasteiger partial charge in [-0.1, -0.05) is 18.2 Å². The fourth-order valence-corrected chi connectivity index (χ4v) is 2.58. The highest BCUT2D eigenvalue weighted by molar-refractivity contribution is 9.10. The Kier molecular flexibility index (Phi) is 3.59. The van der Waals surface area contributed by atoms with Gasteiger partial charge in [-0.2, -0.15) is 0 Å². The van der Waals surface area contributed by atoms with Crippen LogP contribution in [0.1, 0.15) is 16.1 Å². The quantitative estimate of drug-likeness (QED) is 0.629. The molecule has 3 aromatic rings. The van der Waals surface area contributed by atoms with E-state index in [1.165, 1.54) is 6.07 Å². The number of carbonyl (C=O) groups is 1. The zero-order valence-electron chi connectivity index (χ0n) is 10.7. The standard InChI is InChI=1S/C16H9BrF2O2/c17-11-4-1-3-9-7-15(21-16(9)11)14(20)8-10-12(18)5-2-6-13(10)19/h1-7H,8H2. The van der Waals surface area contributed by atoms with Gasteiger partial charge in [0, 0.05) is 17.4 Å². The molecule has 0 aliphatic rings. The number of hydrogen-bond acceptors (Lipinski definition) is 2. The van der Waals surface area contributed by atoms with Gasteiger partial charge in [-0.05, 0) is 40.2 Å². The largest absolute Gasteiger partial charge is 0.452 e. The number of benzene rings is 2. The third kappa shape index (κ3) is 2.61. The van der Waals surface area contributed by atoms with Crippen LogP contribution in [0.5, 0.6) is 0 Å². The van der Waals surface area contributed by atoms with E-state index in [1.807, 2.05) is 6.07 Å². The van der Waals surface area contributed by atoms with Crippen LogP contribution < -0.4 is 0 Å². The molecule has 0 aliphatic carbocycles. The maximum Gasteiger partial charge on any atom is 0.202 e. The summed E-state index contributed by atoms with van der Waals surface area (Å²) in [6.45, 7) is 0. The van der Waals surface area contributed by atoms with E-state index in [2.05, 4.69) is 15.9 Å². The van der Waals surface area contributed by atoms with Crippen LogP contribution >= 0.6 is 15.9 Å². The second-order valence-corrected chi connectivity index (χ2v) is 5.42. The lowest BCUT2D eigenvalue weighted by Gasteiger charge is -2.02. The van der Waals surface area contributed by atoms with Crippen molar-refractivity contribution in [3.63, 3.8) is 0 Å². The predicted molar refractivity (Wildman–Crippen MR) is 78.3 cm³/mol. The van der Waals surface area contributed by atoms with E-state index in [0.29, 0.717) is 5.58 Å². The van der Waals surface area contributed by atoms with Crippen LogP contribution in [0.3, 0.4) is 0 Å². The summed E-state index contributed by atoms with van der Waals surface area (Å²) in [4.78, 5) is 12.2. The molecule has 106 valence electrons. The normalized spacial score (nSPS) is 11.0. The molecule has 0 spiro atoms. The van der Waals surface area contributed by atoms with Crippen molar-refractivity contribution >= 4 is 32.7 Å². The summed E-state index contributed by atoms with van der Waals surface area (Å²) in [5.41, 5.74) is 0.289. The highest BCUT2D eigenvalue weighted by Gasteiger charge is 2.18. The predicted octanol–water partition coefficient (Wildman–Crippen LogP) is 4.90. The zero-order chi connectivity index (χ0) is 15.0. The van der Waals surface area contributed by atoms with E-state index in [1.54, 1.807) is 18.2 Å². The number of furan rings is 1. The summed E-state index contributed by atoms with van der Waals surface area (Å²) in [5.74, 6) is -1.86. The van der Waals surface area contributed by atoms with E-state index in [0.717, 1.165) is 22.0 Å². The van der Waals surface area contributed by atoms with Crippen LogP contribution in [-0.4, -0.2) is 5.78 Å². The second-order valence-electron chi connectivity index (χ2n) is 4.57. The molecule has 0 N–H and O–H groups in total. The van der Waals surface area contributed by atoms with Crippen molar-refractivity contribution in [2.24, 2.45) is 0 Å². The maximum atomic E-state index is 13.6. The Balaban J connectivity index is 1.96. The van der Waals surface area contributed by atoms with Crippen molar-refractivity contribution < 1.29 is 18.0 Å². The lowest BCUT2D eigenvalue weighted by Crippen LogP contribution is -2.06. The fourth-order valence-electron chi connectivity index (χ4n) is 2.11. The fraction of sp³-hybridized carbons (Fsp3) is 0.0625. The molecule has 5 heteroatoms. The average Bonchev–Trinajstić information content (AvgIpc) is 2.88. The lowest BCUT2D eigenvalue weighted by molar-refractivity contribution is 0.0966. The molecule has 2 aromatic carbocycles. The summed E-state index contributed by atoms with van der Waals surface area (Å²) in [5, 5.41) is 0.752. The Morgan fingerprint density at radius 3 is 2.43 bits per heavy atom. The van der Waals surface area contributed by atoms with Gasteiger partial charge in [0.2, 0.25) is 5.78 Å². The Morgan fingerprint density at radius 2 is 1.76 bits per heavy atom. The number of halogens is 3. The van der Waals surface area contributed by atoms with Crippen LogP contribution in [0.4, 0.5) is 8.78 Å². The molecule has 0 amide bonds. The number of hydrogen-bond donors (Lipinski definition) is 0. The van der Waals surface area contributed by atoms with E-state index in [-0.39, 0.29) is 17.7 Å². The molecular formula is C16H9BrF2O2. The molecule has 1 heterocycles. The number of para-hydroxylation sites is 1. The van der Waals surface area contributed by atoms with Crippen LogP contribution in [0, 0.1) is 11.6 Å². The molecule has 0 aliphatic heterocycles. The van der Waals surface area contributed by atoms with Gasteiger partial charge < -0.3 is 4.42 Å². The molecule has 0 bridgehead atoms. The molecule has 0 fully saturated rings. The van der Waals surface area contributed by atoms with Gasteiger partial charge >= 0.3 is 0 Å². The third-order valence-corrected chi connectivity index (χ3v) is 3.79. The van der Waals surface area contributed by atoms with Crippen molar-refractivity contribution in [3.05, 3.63) is 69.9 Å². The van der Waals surface area contributed by atoms with Gasteiger partial charge in [-0.3, -0.25) is 4.79 Å². The number of carbonyl (C=O) groups excluding carboxylic acids is 1. The topological polar surface area (TPSA) is 30.2 Å². The van der Waals surface area contributed by atoms with Gasteiger partial charge in [0.05, 0.1) is 4.47 Å². The van der Waals surface area contributed by atoms with Crippen molar-refractivity contribution in [2.75, 3.05) is 0 Å². The van der Waals surface area contributed by atoms with Crippen molar-refractivity contribution in [3.8, 4) is 0 Å². The smallest absolute Gasteiger partial charge is 0.202 e. The maximum absolute atomic E-state index is 13.6. The molecule has 0 atom stereocenters. The molecule has 0 radical (unpaired) electrons. The zero-order valence-corrected chi connectivity index (χ0v) is 12.3. The summed E-state index contributed by atoms with van der Waals surface area (Å²) in [6, 6.07) is 10.5.